The monoisotopic (exact) mass is 373 g/mol. The van der Waals surface area contributed by atoms with Crippen LogP contribution in [0.3, 0.4) is 0 Å². The van der Waals surface area contributed by atoms with Gasteiger partial charge in [-0.1, -0.05) is 23.2 Å². The number of imide groups is 1. The van der Waals surface area contributed by atoms with E-state index < -0.39 is 11.9 Å². The highest BCUT2D eigenvalue weighted by Gasteiger charge is 2.24. The van der Waals surface area contributed by atoms with Gasteiger partial charge in [-0.15, -0.1) is 0 Å². The Balaban J connectivity index is 1.72. The summed E-state index contributed by atoms with van der Waals surface area (Å²) in [5.41, 5.74) is 0.524. The standard InChI is InChI=1S/C15H18Cl2N4O3/c1-21(8-14(23)20-15(24)19-9-2-3-9)7-13(22)18-10-4-5-11(16)12(17)6-10/h4-6,9H,2-3,7-8H2,1H3,(H,18,22)(H2,19,20,23,24)/p+1. The Morgan fingerprint density at radius 1 is 1.12 bits per heavy atom. The highest BCUT2D eigenvalue weighted by atomic mass is 35.5. The first-order valence-electron chi connectivity index (χ1n) is 7.50. The van der Waals surface area contributed by atoms with E-state index in [-0.39, 0.29) is 25.0 Å². The molecule has 0 radical (unpaired) electrons. The number of hydrogen-bond donors (Lipinski definition) is 4. The van der Waals surface area contributed by atoms with Gasteiger partial charge in [0.1, 0.15) is 0 Å². The lowest BCUT2D eigenvalue weighted by Crippen LogP contribution is -3.11. The zero-order chi connectivity index (χ0) is 17.7. The van der Waals surface area contributed by atoms with Crippen molar-refractivity contribution in [2.45, 2.75) is 18.9 Å². The fourth-order valence-corrected chi connectivity index (χ4v) is 2.31. The molecule has 1 saturated carbocycles. The first-order chi connectivity index (χ1) is 11.3. The van der Waals surface area contributed by atoms with Crippen LogP contribution >= 0.6 is 23.2 Å². The molecule has 0 bridgehead atoms. The third-order valence-corrected chi connectivity index (χ3v) is 4.03. The number of benzene rings is 1. The van der Waals surface area contributed by atoms with Crippen molar-refractivity contribution < 1.29 is 19.3 Å². The van der Waals surface area contributed by atoms with Crippen LogP contribution in [0.5, 0.6) is 0 Å². The fourth-order valence-electron chi connectivity index (χ4n) is 2.01. The molecule has 0 heterocycles. The molecule has 130 valence electrons. The van der Waals surface area contributed by atoms with E-state index >= 15 is 0 Å². The van der Waals surface area contributed by atoms with E-state index in [4.69, 9.17) is 23.2 Å². The summed E-state index contributed by atoms with van der Waals surface area (Å²) in [6.07, 6.45) is 1.89. The van der Waals surface area contributed by atoms with E-state index in [9.17, 15) is 14.4 Å². The van der Waals surface area contributed by atoms with Gasteiger partial charge in [0.2, 0.25) is 0 Å². The molecule has 0 aromatic heterocycles. The third kappa shape index (κ3) is 6.35. The van der Waals surface area contributed by atoms with Crippen LogP contribution in [0.4, 0.5) is 10.5 Å². The predicted octanol–water partition coefficient (Wildman–Crippen LogP) is 0.435. The second-order valence-corrected chi connectivity index (χ2v) is 6.60. The van der Waals surface area contributed by atoms with E-state index in [2.05, 4.69) is 16.0 Å². The number of rotatable bonds is 6. The smallest absolute Gasteiger partial charge is 0.321 e. The zero-order valence-corrected chi connectivity index (χ0v) is 14.6. The van der Waals surface area contributed by atoms with Gasteiger partial charge in [-0.3, -0.25) is 14.9 Å². The van der Waals surface area contributed by atoms with Crippen LogP contribution in [0.2, 0.25) is 10.0 Å². The van der Waals surface area contributed by atoms with Crippen molar-refractivity contribution in [3.05, 3.63) is 28.2 Å². The number of carbonyl (C=O) groups excluding carboxylic acids is 3. The molecule has 1 aliphatic rings. The Bertz CT molecular complexity index is 650. The predicted molar refractivity (Wildman–Crippen MR) is 91.4 cm³/mol. The molecule has 1 aromatic rings. The van der Waals surface area contributed by atoms with E-state index in [0.717, 1.165) is 12.8 Å². The average molecular weight is 374 g/mol. The lowest BCUT2D eigenvalue weighted by atomic mass is 10.3. The Morgan fingerprint density at radius 3 is 2.42 bits per heavy atom. The Labute approximate surface area is 149 Å². The highest BCUT2D eigenvalue weighted by molar-refractivity contribution is 6.42. The van der Waals surface area contributed by atoms with Gasteiger partial charge in [0.25, 0.3) is 11.8 Å². The SMILES string of the molecule is C[NH+](CC(=O)NC(=O)NC1CC1)CC(=O)Nc1ccc(Cl)c(Cl)c1. The third-order valence-electron chi connectivity index (χ3n) is 3.29. The summed E-state index contributed by atoms with van der Waals surface area (Å²) in [7, 11) is 1.69. The maximum absolute atomic E-state index is 12.0. The zero-order valence-electron chi connectivity index (χ0n) is 13.1. The lowest BCUT2D eigenvalue weighted by Gasteiger charge is -2.13. The highest BCUT2D eigenvalue weighted by Crippen LogP contribution is 2.24. The number of likely N-dealkylation sites (N-methyl/N-ethyl adjacent to an activating group) is 1. The number of carbonyl (C=O) groups is 3. The second kappa shape index (κ2) is 8.32. The Kier molecular flexibility index (Phi) is 6.42. The second-order valence-electron chi connectivity index (χ2n) is 5.78. The quantitative estimate of drug-likeness (QED) is 0.582. The van der Waals surface area contributed by atoms with Gasteiger partial charge in [-0.2, -0.15) is 0 Å². The van der Waals surface area contributed by atoms with Gasteiger partial charge in [0, 0.05) is 11.7 Å². The maximum Gasteiger partial charge on any atom is 0.321 e. The number of halogens is 2. The van der Waals surface area contributed by atoms with Crippen LogP contribution in [-0.4, -0.2) is 44.0 Å². The minimum atomic E-state index is -0.490. The molecule has 2 rings (SSSR count). The van der Waals surface area contributed by atoms with Crippen LogP contribution in [0.1, 0.15) is 12.8 Å². The number of hydrogen-bond acceptors (Lipinski definition) is 3. The largest absolute Gasteiger partial charge is 0.335 e. The molecule has 4 N–H and O–H groups in total. The van der Waals surface area contributed by atoms with Crippen molar-refractivity contribution in [3.63, 3.8) is 0 Å². The summed E-state index contributed by atoms with van der Waals surface area (Å²) in [6.45, 7) is 0.0742. The molecule has 24 heavy (non-hydrogen) atoms. The van der Waals surface area contributed by atoms with Crippen LogP contribution in [-0.2, 0) is 9.59 Å². The number of anilines is 1. The van der Waals surface area contributed by atoms with Crippen molar-refractivity contribution >= 4 is 46.7 Å². The van der Waals surface area contributed by atoms with Gasteiger partial charge >= 0.3 is 6.03 Å². The number of nitrogens with one attached hydrogen (secondary N) is 4. The molecule has 1 unspecified atom stereocenters. The maximum atomic E-state index is 12.0. The summed E-state index contributed by atoms with van der Waals surface area (Å²) >= 11 is 11.7. The van der Waals surface area contributed by atoms with Crippen LogP contribution in [0.15, 0.2) is 18.2 Å². The molecule has 1 fully saturated rings. The van der Waals surface area contributed by atoms with Crippen LogP contribution < -0.4 is 20.9 Å². The average Bonchev–Trinajstić information content (AvgIpc) is 3.25. The van der Waals surface area contributed by atoms with Crippen molar-refractivity contribution in [2.75, 3.05) is 25.5 Å². The van der Waals surface area contributed by atoms with Gasteiger partial charge in [-0.05, 0) is 31.0 Å². The lowest BCUT2D eigenvalue weighted by molar-refractivity contribution is -0.862. The van der Waals surface area contributed by atoms with Crippen molar-refractivity contribution in [1.82, 2.24) is 10.6 Å². The first-order valence-corrected chi connectivity index (χ1v) is 8.25. The molecule has 4 amide bonds. The molecule has 1 aliphatic carbocycles. The minimum absolute atomic E-state index is 0.00683. The molecule has 9 heteroatoms. The van der Waals surface area contributed by atoms with E-state index in [1.165, 1.54) is 0 Å². The molecule has 1 atom stereocenters. The fraction of sp³-hybridized carbons (Fsp3) is 0.400. The first kappa shape index (κ1) is 18.5. The van der Waals surface area contributed by atoms with E-state index in [0.29, 0.717) is 20.6 Å². The van der Waals surface area contributed by atoms with Crippen LogP contribution in [0, 0.1) is 0 Å². The van der Waals surface area contributed by atoms with Crippen molar-refractivity contribution in [2.24, 2.45) is 0 Å². The van der Waals surface area contributed by atoms with Crippen LogP contribution in [0.25, 0.3) is 0 Å². The van der Waals surface area contributed by atoms with Gasteiger partial charge < -0.3 is 15.5 Å². The van der Waals surface area contributed by atoms with E-state index in [1.807, 2.05) is 0 Å². The molecule has 0 aliphatic heterocycles. The summed E-state index contributed by atoms with van der Waals surface area (Å²) in [4.78, 5) is 35.8. The van der Waals surface area contributed by atoms with Crippen molar-refractivity contribution in [1.29, 1.82) is 0 Å². The van der Waals surface area contributed by atoms with Gasteiger partial charge in [0.15, 0.2) is 13.1 Å². The van der Waals surface area contributed by atoms with Gasteiger partial charge in [-0.25, -0.2) is 4.79 Å². The molecule has 1 aromatic carbocycles. The number of quaternary nitrogens is 1. The Morgan fingerprint density at radius 2 is 1.79 bits per heavy atom. The van der Waals surface area contributed by atoms with Gasteiger partial charge in [0.05, 0.1) is 17.1 Å². The summed E-state index contributed by atoms with van der Waals surface area (Å²) in [5.74, 6) is -0.714. The summed E-state index contributed by atoms with van der Waals surface area (Å²) in [5, 5.41) is 8.32. The topological polar surface area (TPSA) is 91.7 Å². The molecule has 0 saturated heterocycles. The molecule has 7 nitrogen and oxygen atoms in total. The molecule has 0 spiro atoms. The number of urea groups is 1. The van der Waals surface area contributed by atoms with Crippen molar-refractivity contribution in [3.8, 4) is 0 Å². The summed E-state index contributed by atoms with van der Waals surface area (Å²) in [6, 6.07) is 4.46. The minimum Gasteiger partial charge on any atom is -0.335 e. The summed E-state index contributed by atoms with van der Waals surface area (Å²) < 4.78 is 0. The molecular formula is C15H19Cl2N4O3+. The number of amides is 4. The Hall–Kier alpha value is -1.83. The molecular weight excluding hydrogens is 355 g/mol. The normalized spacial score (nSPS) is 14.6. The van der Waals surface area contributed by atoms with E-state index in [1.54, 1.807) is 25.2 Å².